The van der Waals surface area contributed by atoms with Gasteiger partial charge in [-0.2, -0.15) is 0 Å². The summed E-state index contributed by atoms with van der Waals surface area (Å²) in [6.07, 6.45) is 7.40. The molecule has 0 aliphatic rings. The number of nitrogens with zero attached hydrogens (tertiary/aromatic N) is 4. The van der Waals surface area contributed by atoms with Crippen LogP contribution < -0.4 is 0 Å². The highest BCUT2D eigenvalue weighted by Gasteiger charge is 2.13. The molecule has 0 atom stereocenters. The van der Waals surface area contributed by atoms with Gasteiger partial charge in [0.2, 0.25) is 0 Å². The third-order valence-corrected chi connectivity index (χ3v) is 6.23. The fraction of sp³-hybridized carbons (Fsp3) is 0.0667. The fourth-order valence-corrected chi connectivity index (χ4v) is 4.51. The number of rotatable bonds is 3. The first kappa shape index (κ1) is 20.2. The Hall–Kier alpha value is -4.44. The van der Waals surface area contributed by atoms with E-state index in [9.17, 15) is 0 Å². The molecular formula is C30H22N4. The molecule has 0 spiro atoms. The predicted molar refractivity (Wildman–Crippen MR) is 138 cm³/mol. The Morgan fingerprint density at radius 1 is 0.588 bits per heavy atom. The largest absolute Gasteiger partial charge is 0.260 e. The molecule has 0 saturated carbocycles. The number of fused-ring (bicyclic) bond motifs is 3. The van der Waals surface area contributed by atoms with Gasteiger partial charge in [0.05, 0.1) is 35.0 Å². The molecule has 0 amide bonds. The van der Waals surface area contributed by atoms with Crippen molar-refractivity contribution in [3.05, 3.63) is 109 Å². The highest BCUT2D eigenvalue weighted by molar-refractivity contribution is 6.12. The second-order valence-electron chi connectivity index (χ2n) is 8.58. The summed E-state index contributed by atoms with van der Waals surface area (Å²) in [4.78, 5) is 18.9. The monoisotopic (exact) mass is 438 g/mol. The van der Waals surface area contributed by atoms with E-state index < -0.39 is 0 Å². The molecule has 3 aromatic carbocycles. The Morgan fingerprint density at radius 3 is 2.21 bits per heavy atom. The van der Waals surface area contributed by atoms with Gasteiger partial charge in [-0.3, -0.25) is 15.0 Å². The van der Waals surface area contributed by atoms with Crippen molar-refractivity contribution in [3.8, 4) is 33.8 Å². The van der Waals surface area contributed by atoms with Crippen molar-refractivity contribution in [1.82, 2.24) is 19.9 Å². The van der Waals surface area contributed by atoms with Gasteiger partial charge in [-0.1, -0.05) is 42.5 Å². The normalized spacial score (nSPS) is 11.2. The maximum atomic E-state index is 5.07. The summed E-state index contributed by atoms with van der Waals surface area (Å²) in [6, 6.07) is 25.1. The molecule has 0 unspecified atom stereocenters. The molecule has 4 heteroatoms. The molecule has 6 aromatic rings. The van der Waals surface area contributed by atoms with E-state index in [2.05, 4.69) is 78.4 Å². The average molecular weight is 439 g/mol. The van der Waals surface area contributed by atoms with Gasteiger partial charge in [0.15, 0.2) is 0 Å². The lowest BCUT2D eigenvalue weighted by atomic mass is 9.97. The smallest absolute Gasteiger partial charge is 0.0899 e. The van der Waals surface area contributed by atoms with Crippen LogP contribution in [0.1, 0.15) is 11.1 Å². The van der Waals surface area contributed by atoms with Crippen molar-refractivity contribution in [2.45, 2.75) is 13.8 Å². The maximum Gasteiger partial charge on any atom is 0.0899 e. The highest BCUT2D eigenvalue weighted by Crippen LogP contribution is 2.35. The number of benzene rings is 3. The van der Waals surface area contributed by atoms with Crippen molar-refractivity contribution in [3.63, 3.8) is 0 Å². The fourth-order valence-electron chi connectivity index (χ4n) is 4.51. The van der Waals surface area contributed by atoms with Gasteiger partial charge < -0.3 is 0 Å². The van der Waals surface area contributed by atoms with Crippen LogP contribution >= 0.6 is 0 Å². The SMILES string of the molecule is Cc1cnc2cc(-c3cncc(-c4cc(-c5ccccn5)ccc4C)n3)c3ccccc3c2c1. The first-order valence-electron chi connectivity index (χ1n) is 11.3. The van der Waals surface area contributed by atoms with Crippen molar-refractivity contribution in [1.29, 1.82) is 0 Å². The average Bonchev–Trinajstić information content (AvgIpc) is 2.89. The van der Waals surface area contributed by atoms with Gasteiger partial charge in [-0.25, -0.2) is 4.98 Å². The summed E-state index contributed by atoms with van der Waals surface area (Å²) < 4.78 is 0. The topological polar surface area (TPSA) is 51.6 Å². The Kier molecular flexibility index (Phi) is 4.84. The molecule has 0 aliphatic heterocycles. The van der Waals surface area contributed by atoms with Gasteiger partial charge in [-0.15, -0.1) is 0 Å². The molecule has 0 aliphatic carbocycles. The molecular weight excluding hydrogens is 416 g/mol. The number of aromatic nitrogens is 4. The maximum absolute atomic E-state index is 5.07. The van der Waals surface area contributed by atoms with Crippen LogP contribution in [0.2, 0.25) is 0 Å². The molecule has 0 radical (unpaired) electrons. The summed E-state index contributed by atoms with van der Waals surface area (Å²) in [5, 5.41) is 3.47. The summed E-state index contributed by atoms with van der Waals surface area (Å²) in [5.41, 5.74) is 9.01. The Labute approximate surface area is 198 Å². The highest BCUT2D eigenvalue weighted by atomic mass is 14.8. The van der Waals surface area contributed by atoms with Gasteiger partial charge in [0.1, 0.15) is 0 Å². The second kappa shape index (κ2) is 8.16. The number of hydrogen-bond donors (Lipinski definition) is 0. The summed E-state index contributed by atoms with van der Waals surface area (Å²) >= 11 is 0. The molecule has 6 rings (SSSR count). The van der Waals surface area contributed by atoms with E-state index in [1.54, 1.807) is 0 Å². The van der Waals surface area contributed by atoms with Crippen molar-refractivity contribution >= 4 is 21.7 Å². The van der Waals surface area contributed by atoms with Crippen LogP contribution in [0.5, 0.6) is 0 Å². The van der Waals surface area contributed by atoms with Crippen LogP contribution in [0.3, 0.4) is 0 Å². The van der Waals surface area contributed by atoms with Crippen LogP contribution in [-0.2, 0) is 0 Å². The van der Waals surface area contributed by atoms with Crippen LogP contribution in [0.4, 0.5) is 0 Å². The molecule has 0 fully saturated rings. The quantitative estimate of drug-likeness (QED) is 0.274. The van der Waals surface area contributed by atoms with E-state index in [1.165, 1.54) is 5.39 Å². The summed E-state index contributed by atoms with van der Waals surface area (Å²) in [7, 11) is 0. The molecule has 3 aromatic heterocycles. The molecule has 0 bridgehead atoms. The predicted octanol–water partition coefficient (Wildman–Crippen LogP) is 7.19. The van der Waals surface area contributed by atoms with Gasteiger partial charge in [0.25, 0.3) is 0 Å². The second-order valence-corrected chi connectivity index (χ2v) is 8.58. The standard InChI is InChI=1S/C30H22N4/c1-19-13-25-22-7-3-4-8-23(22)26(15-28(25)33-16-19)30-18-31-17-29(34-30)24-14-21(11-10-20(24)2)27-9-5-6-12-32-27/h3-18H,1-2H3. The molecule has 0 saturated heterocycles. The summed E-state index contributed by atoms with van der Waals surface area (Å²) in [6.45, 7) is 4.18. The molecule has 34 heavy (non-hydrogen) atoms. The lowest BCUT2D eigenvalue weighted by Crippen LogP contribution is -1.95. The third kappa shape index (κ3) is 3.50. The van der Waals surface area contributed by atoms with E-state index >= 15 is 0 Å². The zero-order valence-electron chi connectivity index (χ0n) is 19.0. The molecule has 0 N–H and O–H groups in total. The minimum Gasteiger partial charge on any atom is -0.260 e. The first-order chi connectivity index (χ1) is 16.7. The Balaban J connectivity index is 1.54. The van der Waals surface area contributed by atoms with Gasteiger partial charge >= 0.3 is 0 Å². The van der Waals surface area contributed by atoms with E-state index in [-0.39, 0.29) is 0 Å². The number of pyridine rings is 2. The first-order valence-corrected chi connectivity index (χ1v) is 11.3. The van der Waals surface area contributed by atoms with E-state index in [0.29, 0.717) is 0 Å². The van der Waals surface area contributed by atoms with E-state index in [4.69, 9.17) is 9.97 Å². The lowest BCUT2D eigenvalue weighted by Gasteiger charge is -2.12. The van der Waals surface area contributed by atoms with Crippen molar-refractivity contribution < 1.29 is 0 Å². The van der Waals surface area contributed by atoms with E-state index in [0.717, 1.165) is 61.2 Å². The zero-order valence-corrected chi connectivity index (χ0v) is 19.0. The number of hydrogen-bond acceptors (Lipinski definition) is 4. The Morgan fingerprint density at radius 2 is 1.38 bits per heavy atom. The third-order valence-electron chi connectivity index (χ3n) is 6.23. The minimum absolute atomic E-state index is 0.834. The summed E-state index contributed by atoms with van der Waals surface area (Å²) in [5.74, 6) is 0. The number of aryl methyl sites for hydroxylation is 2. The zero-order chi connectivity index (χ0) is 23.1. The van der Waals surface area contributed by atoms with Crippen molar-refractivity contribution in [2.24, 2.45) is 0 Å². The minimum atomic E-state index is 0.834. The molecule has 162 valence electrons. The molecule has 4 nitrogen and oxygen atoms in total. The van der Waals surface area contributed by atoms with Crippen LogP contribution in [-0.4, -0.2) is 19.9 Å². The van der Waals surface area contributed by atoms with E-state index in [1.807, 2.05) is 43.0 Å². The van der Waals surface area contributed by atoms with Crippen LogP contribution in [0, 0.1) is 13.8 Å². The lowest BCUT2D eigenvalue weighted by molar-refractivity contribution is 1.20. The molecule has 3 heterocycles. The van der Waals surface area contributed by atoms with Crippen molar-refractivity contribution in [2.75, 3.05) is 0 Å². The van der Waals surface area contributed by atoms with Crippen LogP contribution in [0.25, 0.3) is 55.4 Å². The van der Waals surface area contributed by atoms with Crippen LogP contribution in [0.15, 0.2) is 97.6 Å². The van der Waals surface area contributed by atoms with Gasteiger partial charge in [0, 0.05) is 34.5 Å². The van der Waals surface area contributed by atoms with Gasteiger partial charge in [-0.05, 0) is 66.1 Å². The Bertz CT molecular complexity index is 1670.